The van der Waals surface area contributed by atoms with Crippen molar-refractivity contribution in [1.29, 1.82) is 5.26 Å². The van der Waals surface area contributed by atoms with E-state index in [-0.39, 0.29) is 0 Å². The summed E-state index contributed by atoms with van der Waals surface area (Å²) in [4.78, 5) is 2.34. The third kappa shape index (κ3) is 3.66. The van der Waals surface area contributed by atoms with Crippen LogP contribution in [0.15, 0.2) is 18.2 Å². The van der Waals surface area contributed by atoms with E-state index in [0.29, 0.717) is 17.3 Å². The molecule has 0 saturated carbocycles. The fourth-order valence-corrected chi connectivity index (χ4v) is 2.05. The van der Waals surface area contributed by atoms with Gasteiger partial charge >= 0.3 is 0 Å². The van der Waals surface area contributed by atoms with Crippen LogP contribution in [0.4, 0.5) is 11.4 Å². The van der Waals surface area contributed by atoms with Crippen LogP contribution in [0.1, 0.15) is 45.6 Å². The first kappa shape index (κ1) is 14.4. The number of nitrogens with zero attached hydrogens (tertiary/aromatic N) is 2. The predicted octanol–water partition coefficient (Wildman–Crippen LogP) is 3.55. The highest BCUT2D eigenvalue weighted by Gasteiger charge is 2.11. The molecule has 0 amide bonds. The van der Waals surface area contributed by atoms with E-state index in [4.69, 9.17) is 11.0 Å². The van der Waals surface area contributed by atoms with Crippen LogP contribution in [0.25, 0.3) is 0 Å². The summed E-state index contributed by atoms with van der Waals surface area (Å²) < 4.78 is 0. The molecule has 0 spiro atoms. The minimum absolute atomic E-state index is 0.439. The second kappa shape index (κ2) is 6.90. The van der Waals surface area contributed by atoms with Gasteiger partial charge in [0.05, 0.1) is 11.3 Å². The molecule has 0 aromatic heterocycles. The van der Waals surface area contributed by atoms with E-state index in [1.807, 2.05) is 12.1 Å². The normalized spacial score (nSPS) is 10.4. The predicted molar refractivity (Wildman–Crippen MR) is 77.6 cm³/mol. The topological polar surface area (TPSA) is 53.0 Å². The second-order valence-electron chi connectivity index (χ2n) is 4.88. The van der Waals surface area contributed by atoms with Crippen LogP contribution in [0.2, 0.25) is 0 Å². The van der Waals surface area contributed by atoms with Gasteiger partial charge in [0.15, 0.2) is 0 Å². The number of nitrogen functional groups attached to an aromatic ring is 1. The maximum atomic E-state index is 8.89. The molecule has 3 heteroatoms. The maximum absolute atomic E-state index is 8.89. The van der Waals surface area contributed by atoms with Crippen LogP contribution in [-0.4, -0.2) is 12.6 Å². The van der Waals surface area contributed by atoms with Gasteiger partial charge < -0.3 is 10.6 Å². The van der Waals surface area contributed by atoms with Gasteiger partial charge in [-0.2, -0.15) is 5.26 Å². The molecule has 3 nitrogen and oxygen atoms in total. The van der Waals surface area contributed by atoms with E-state index < -0.39 is 0 Å². The Bertz CT molecular complexity index is 418. The van der Waals surface area contributed by atoms with Gasteiger partial charge in [-0.3, -0.25) is 0 Å². The lowest BCUT2D eigenvalue weighted by Gasteiger charge is -2.29. The van der Waals surface area contributed by atoms with Gasteiger partial charge in [0.25, 0.3) is 0 Å². The van der Waals surface area contributed by atoms with Gasteiger partial charge in [0.1, 0.15) is 6.07 Å². The van der Waals surface area contributed by atoms with E-state index in [9.17, 15) is 0 Å². The van der Waals surface area contributed by atoms with E-state index in [1.165, 1.54) is 19.3 Å². The SMILES string of the molecule is CCCCCN(c1ccc(C#N)c(N)c1)C(C)C. The highest BCUT2D eigenvalue weighted by molar-refractivity contribution is 5.63. The van der Waals surface area contributed by atoms with Crippen molar-refractivity contribution >= 4 is 11.4 Å². The Kier molecular flexibility index (Phi) is 5.51. The van der Waals surface area contributed by atoms with Crippen LogP contribution in [0.3, 0.4) is 0 Å². The summed E-state index contributed by atoms with van der Waals surface area (Å²) in [5.74, 6) is 0. The molecule has 18 heavy (non-hydrogen) atoms. The van der Waals surface area contributed by atoms with Crippen molar-refractivity contribution in [2.45, 2.75) is 46.1 Å². The molecule has 2 N–H and O–H groups in total. The summed E-state index contributed by atoms with van der Waals surface area (Å²) in [6, 6.07) is 8.24. The van der Waals surface area contributed by atoms with Gasteiger partial charge in [-0.05, 0) is 38.5 Å². The van der Waals surface area contributed by atoms with Crippen LogP contribution in [0.5, 0.6) is 0 Å². The number of unbranched alkanes of at least 4 members (excludes halogenated alkanes) is 2. The van der Waals surface area contributed by atoms with Crippen LogP contribution < -0.4 is 10.6 Å². The molecule has 0 radical (unpaired) electrons. The Hall–Kier alpha value is -1.69. The average Bonchev–Trinajstić information content (AvgIpc) is 2.34. The van der Waals surface area contributed by atoms with Crippen LogP contribution in [0, 0.1) is 11.3 Å². The number of nitrogens with two attached hydrogens (primary N) is 1. The molecule has 98 valence electrons. The number of hydrogen-bond donors (Lipinski definition) is 1. The molecular weight excluding hydrogens is 222 g/mol. The van der Waals surface area contributed by atoms with Crippen molar-refractivity contribution in [1.82, 2.24) is 0 Å². The molecule has 0 fully saturated rings. The Morgan fingerprint density at radius 2 is 2.06 bits per heavy atom. The molecule has 1 rings (SSSR count). The quantitative estimate of drug-likeness (QED) is 0.616. The van der Waals surface area contributed by atoms with E-state index in [1.54, 1.807) is 6.07 Å². The van der Waals surface area contributed by atoms with Gasteiger partial charge in [-0.25, -0.2) is 0 Å². The molecule has 0 aliphatic rings. The van der Waals surface area contributed by atoms with Crippen molar-refractivity contribution in [3.63, 3.8) is 0 Å². The minimum atomic E-state index is 0.439. The summed E-state index contributed by atoms with van der Waals surface area (Å²) in [7, 11) is 0. The second-order valence-corrected chi connectivity index (χ2v) is 4.88. The molecule has 0 aliphatic carbocycles. The Labute approximate surface area is 110 Å². The molecule has 1 aromatic rings. The van der Waals surface area contributed by atoms with E-state index in [0.717, 1.165) is 12.2 Å². The summed E-state index contributed by atoms with van der Waals surface area (Å²) in [5, 5.41) is 8.89. The largest absolute Gasteiger partial charge is 0.398 e. The van der Waals surface area contributed by atoms with Crippen molar-refractivity contribution in [3.8, 4) is 6.07 Å². The summed E-state index contributed by atoms with van der Waals surface area (Å²) >= 11 is 0. The van der Waals surface area contributed by atoms with Gasteiger partial charge in [0, 0.05) is 18.3 Å². The zero-order valence-corrected chi connectivity index (χ0v) is 11.6. The molecule has 0 heterocycles. The molecule has 0 saturated heterocycles. The first-order valence-electron chi connectivity index (χ1n) is 6.66. The lowest BCUT2D eigenvalue weighted by atomic mass is 10.1. The number of benzene rings is 1. The Morgan fingerprint density at radius 1 is 1.33 bits per heavy atom. The van der Waals surface area contributed by atoms with E-state index >= 15 is 0 Å². The molecular formula is C15H23N3. The summed E-state index contributed by atoms with van der Waals surface area (Å²) in [6.45, 7) is 7.61. The third-order valence-corrected chi connectivity index (χ3v) is 3.11. The summed E-state index contributed by atoms with van der Waals surface area (Å²) in [5.41, 5.74) is 8.10. The molecule has 0 atom stereocenters. The number of hydrogen-bond acceptors (Lipinski definition) is 3. The van der Waals surface area contributed by atoms with Crippen LogP contribution >= 0.6 is 0 Å². The molecule has 1 aromatic carbocycles. The maximum Gasteiger partial charge on any atom is 0.101 e. The van der Waals surface area contributed by atoms with Gasteiger partial charge in [-0.15, -0.1) is 0 Å². The Morgan fingerprint density at radius 3 is 2.56 bits per heavy atom. The molecule has 0 unspecified atom stereocenters. The number of rotatable bonds is 6. The lowest BCUT2D eigenvalue weighted by Crippen LogP contribution is -2.31. The monoisotopic (exact) mass is 245 g/mol. The lowest BCUT2D eigenvalue weighted by molar-refractivity contribution is 0.626. The highest BCUT2D eigenvalue weighted by Crippen LogP contribution is 2.23. The van der Waals surface area contributed by atoms with Crippen LogP contribution in [-0.2, 0) is 0 Å². The number of nitriles is 1. The standard InChI is InChI=1S/C15H23N3/c1-4-5-6-9-18(12(2)3)14-8-7-13(11-16)15(17)10-14/h7-8,10,12H,4-6,9,17H2,1-3H3. The smallest absolute Gasteiger partial charge is 0.101 e. The number of anilines is 2. The fraction of sp³-hybridized carbons (Fsp3) is 0.533. The van der Waals surface area contributed by atoms with Crippen molar-refractivity contribution in [2.75, 3.05) is 17.2 Å². The first-order chi connectivity index (χ1) is 8.60. The van der Waals surface area contributed by atoms with Gasteiger partial charge in [-0.1, -0.05) is 19.8 Å². The zero-order chi connectivity index (χ0) is 13.5. The Balaban J connectivity index is 2.86. The zero-order valence-electron chi connectivity index (χ0n) is 11.6. The summed E-state index contributed by atoms with van der Waals surface area (Å²) in [6.07, 6.45) is 3.66. The molecule has 0 bridgehead atoms. The van der Waals surface area contributed by atoms with Crippen molar-refractivity contribution in [2.24, 2.45) is 0 Å². The average molecular weight is 245 g/mol. The molecule has 0 aliphatic heterocycles. The highest BCUT2D eigenvalue weighted by atomic mass is 15.1. The minimum Gasteiger partial charge on any atom is -0.398 e. The van der Waals surface area contributed by atoms with Crippen molar-refractivity contribution in [3.05, 3.63) is 23.8 Å². The van der Waals surface area contributed by atoms with Gasteiger partial charge in [0.2, 0.25) is 0 Å². The first-order valence-corrected chi connectivity index (χ1v) is 6.66. The van der Waals surface area contributed by atoms with Crippen molar-refractivity contribution < 1.29 is 0 Å². The fourth-order valence-electron chi connectivity index (χ4n) is 2.05. The third-order valence-electron chi connectivity index (χ3n) is 3.11. The van der Waals surface area contributed by atoms with E-state index in [2.05, 4.69) is 31.7 Å².